The molecule has 13 nitrogen and oxygen atoms in total. The molecule has 1 saturated heterocycles. The van der Waals surface area contributed by atoms with E-state index in [0.717, 1.165) is 31.6 Å². The molecule has 2 N–H and O–H groups in total. The number of anilines is 4. The Kier molecular flexibility index (Phi) is 7.09. The summed E-state index contributed by atoms with van der Waals surface area (Å²) in [6, 6.07) is 5.44. The number of benzene rings is 1. The first kappa shape index (κ1) is 25.4. The van der Waals surface area contributed by atoms with Crippen molar-refractivity contribution in [2.45, 2.75) is 25.9 Å². The van der Waals surface area contributed by atoms with Crippen LogP contribution in [-0.4, -0.2) is 76.9 Å². The highest BCUT2D eigenvalue weighted by molar-refractivity contribution is 5.98. The van der Waals surface area contributed by atoms with Crippen LogP contribution in [0.1, 0.15) is 30.3 Å². The van der Waals surface area contributed by atoms with Gasteiger partial charge in [-0.2, -0.15) is 5.10 Å². The van der Waals surface area contributed by atoms with Crippen molar-refractivity contribution in [2.24, 2.45) is 13.0 Å². The third-order valence-electron chi connectivity index (χ3n) is 6.40. The van der Waals surface area contributed by atoms with Crippen LogP contribution in [0.15, 0.2) is 24.5 Å². The predicted molar refractivity (Wildman–Crippen MR) is 139 cm³/mol. The monoisotopic (exact) mass is 522 g/mol. The molecule has 2 fully saturated rings. The average molecular weight is 523 g/mol. The van der Waals surface area contributed by atoms with Gasteiger partial charge >= 0.3 is 5.97 Å². The van der Waals surface area contributed by atoms with Crippen molar-refractivity contribution >= 4 is 34.8 Å². The topological polar surface area (TPSA) is 146 Å². The molecule has 2 aromatic heterocycles. The fourth-order valence-corrected chi connectivity index (χ4v) is 4.15. The van der Waals surface area contributed by atoms with Crippen molar-refractivity contribution in [1.82, 2.24) is 25.0 Å². The Morgan fingerprint density at radius 3 is 2.53 bits per heavy atom. The zero-order chi connectivity index (χ0) is 26.8. The number of esters is 1. The molecule has 3 heterocycles. The van der Waals surface area contributed by atoms with Crippen LogP contribution < -0.4 is 20.3 Å². The van der Waals surface area contributed by atoms with Crippen LogP contribution in [-0.2, 0) is 21.3 Å². The second kappa shape index (κ2) is 10.6. The summed E-state index contributed by atoms with van der Waals surface area (Å²) >= 11 is 0. The molecule has 200 valence electrons. The molecule has 0 atom stereocenters. The number of carbonyl (C=O) groups is 2. The fourth-order valence-electron chi connectivity index (χ4n) is 4.15. The van der Waals surface area contributed by atoms with Crippen LogP contribution in [0.4, 0.5) is 22.9 Å². The van der Waals surface area contributed by atoms with E-state index in [-0.39, 0.29) is 36.0 Å². The summed E-state index contributed by atoms with van der Waals surface area (Å²) in [7, 11) is 5.03. The summed E-state index contributed by atoms with van der Waals surface area (Å²) in [5.74, 6) is 0.394. The molecule has 1 aromatic carbocycles. The standard InChI is InChI=1S/C25H30N8O5/c1-5-38-25(35)21-18(10-20(29-30-21)28-24(34)14-6-7-14)27-19-9-15(33-11-16(12-33)36-3)8-17(22(19)37-4)23-26-13-32(2)31-23/h8-10,13-14,16H,5-7,11-12H2,1-4H3,(H2,27,28,29,34). The van der Waals surface area contributed by atoms with Gasteiger partial charge in [0.1, 0.15) is 6.33 Å². The van der Waals surface area contributed by atoms with Gasteiger partial charge in [0, 0.05) is 44.9 Å². The molecule has 1 aliphatic heterocycles. The summed E-state index contributed by atoms with van der Waals surface area (Å²) in [6.45, 7) is 3.32. The van der Waals surface area contributed by atoms with Gasteiger partial charge in [-0.1, -0.05) is 0 Å². The number of rotatable bonds is 10. The number of aryl methyl sites for hydroxylation is 1. The molecule has 3 aromatic rings. The largest absolute Gasteiger partial charge is 0.494 e. The maximum absolute atomic E-state index is 12.7. The Balaban J connectivity index is 1.57. The lowest BCUT2D eigenvalue weighted by Gasteiger charge is -2.40. The van der Waals surface area contributed by atoms with Crippen molar-refractivity contribution in [3.05, 3.63) is 30.2 Å². The molecular weight excluding hydrogens is 492 g/mol. The minimum absolute atomic E-state index is 0.0180. The van der Waals surface area contributed by atoms with Crippen LogP contribution in [0.2, 0.25) is 0 Å². The number of hydrogen-bond donors (Lipinski definition) is 2. The van der Waals surface area contributed by atoms with Crippen molar-refractivity contribution in [2.75, 3.05) is 49.4 Å². The normalized spacial score (nSPS) is 15.1. The number of carbonyl (C=O) groups excluding carboxylic acids is 2. The lowest BCUT2D eigenvalue weighted by molar-refractivity contribution is -0.117. The molecule has 38 heavy (non-hydrogen) atoms. The fraction of sp³-hybridized carbons (Fsp3) is 0.440. The Morgan fingerprint density at radius 1 is 1.11 bits per heavy atom. The van der Waals surface area contributed by atoms with Crippen molar-refractivity contribution in [3.63, 3.8) is 0 Å². The van der Waals surface area contributed by atoms with Gasteiger partial charge in [0.25, 0.3) is 0 Å². The number of hydrogen-bond acceptors (Lipinski definition) is 11. The SMILES string of the molecule is CCOC(=O)c1nnc(NC(=O)C2CC2)cc1Nc1cc(N2CC(OC)C2)cc(-c2ncn(C)n2)c1OC. The van der Waals surface area contributed by atoms with E-state index in [1.165, 1.54) is 0 Å². The Hall–Kier alpha value is -4.26. The first-order valence-corrected chi connectivity index (χ1v) is 12.4. The summed E-state index contributed by atoms with van der Waals surface area (Å²) in [5.41, 5.74) is 2.39. The van der Waals surface area contributed by atoms with Gasteiger partial charge in [-0.05, 0) is 31.9 Å². The highest BCUT2D eigenvalue weighted by Gasteiger charge is 2.31. The molecule has 1 aliphatic carbocycles. The number of aromatic nitrogens is 5. The van der Waals surface area contributed by atoms with E-state index >= 15 is 0 Å². The predicted octanol–water partition coefficient (Wildman–Crippen LogP) is 2.38. The van der Waals surface area contributed by atoms with Crippen molar-refractivity contribution < 1.29 is 23.8 Å². The van der Waals surface area contributed by atoms with Gasteiger partial charge in [0.05, 0.1) is 36.8 Å². The maximum Gasteiger partial charge on any atom is 0.361 e. The molecule has 1 saturated carbocycles. The summed E-state index contributed by atoms with van der Waals surface area (Å²) in [6.07, 6.45) is 3.45. The summed E-state index contributed by atoms with van der Waals surface area (Å²) in [4.78, 5) is 31.6. The second-order valence-corrected chi connectivity index (χ2v) is 9.18. The zero-order valence-electron chi connectivity index (χ0n) is 21.7. The minimum Gasteiger partial charge on any atom is -0.494 e. The molecule has 0 unspecified atom stereocenters. The first-order valence-electron chi connectivity index (χ1n) is 12.4. The van der Waals surface area contributed by atoms with E-state index in [1.807, 2.05) is 12.1 Å². The van der Waals surface area contributed by atoms with Gasteiger partial charge in [-0.25, -0.2) is 9.78 Å². The Morgan fingerprint density at radius 2 is 1.89 bits per heavy atom. The van der Waals surface area contributed by atoms with E-state index < -0.39 is 5.97 Å². The second-order valence-electron chi connectivity index (χ2n) is 9.18. The van der Waals surface area contributed by atoms with Crippen molar-refractivity contribution in [1.29, 1.82) is 0 Å². The number of nitrogens with one attached hydrogen (secondary N) is 2. The van der Waals surface area contributed by atoms with E-state index in [9.17, 15) is 9.59 Å². The number of nitrogens with zero attached hydrogens (tertiary/aromatic N) is 6. The van der Waals surface area contributed by atoms with Gasteiger partial charge in [0.15, 0.2) is 23.1 Å². The van der Waals surface area contributed by atoms with Crippen LogP contribution in [0.25, 0.3) is 11.4 Å². The van der Waals surface area contributed by atoms with Gasteiger partial charge in [0.2, 0.25) is 5.91 Å². The molecule has 0 bridgehead atoms. The highest BCUT2D eigenvalue weighted by Crippen LogP contribution is 2.42. The average Bonchev–Trinajstić information content (AvgIpc) is 3.64. The Labute approximate surface area is 219 Å². The number of amides is 1. The van der Waals surface area contributed by atoms with E-state index in [2.05, 4.69) is 35.8 Å². The smallest absolute Gasteiger partial charge is 0.361 e. The lowest BCUT2D eigenvalue weighted by Crippen LogP contribution is -2.51. The molecule has 5 rings (SSSR count). The molecule has 13 heteroatoms. The number of ether oxygens (including phenoxy) is 3. The highest BCUT2D eigenvalue weighted by atomic mass is 16.5. The van der Waals surface area contributed by atoms with Gasteiger partial charge in [-0.15, -0.1) is 10.2 Å². The van der Waals surface area contributed by atoms with E-state index in [4.69, 9.17) is 14.2 Å². The summed E-state index contributed by atoms with van der Waals surface area (Å²) < 4.78 is 18.1. The zero-order valence-corrected chi connectivity index (χ0v) is 21.7. The van der Waals surface area contributed by atoms with Crippen LogP contribution in [0.3, 0.4) is 0 Å². The van der Waals surface area contributed by atoms with Crippen molar-refractivity contribution in [3.8, 4) is 17.1 Å². The third-order valence-corrected chi connectivity index (χ3v) is 6.40. The molecule has 0 spiro atoms. The van der Waals surface area contributed by atoms with Crippen LogP contribution >= 0.6 is 0 Å². The van der Waals surface area contributed by atoms with Crippen LogP contribution in [0.5, 0.6) is 5.75 Å². The first-order chi connectivity index (χ1) is 18.4. The minimum atomic E-state index is -0.644. The maximum atomic E-state index is 12.7. The molecular formula is C25H30N8O5. The third kappa shape index (κ3) is 5.23. The molecule has 2 aliphatic rings. The Bertz CT molecular complexity index is 1350. The molecule has 0 radical (unpaired) electrons. The van der Waals surface area contributed by atoms with Gasteiger partial charge < -0.3 is 29.7 Å². The summed E-state index contributed by atoms with van der Waals surface area (Å²) in [5, 5.41) is 18.6. The number of methoxy groups -OCH3 is 2. The molecule has 1 amide bonds. The lowest BCUT2D eigenvalue weighted by atomic mass is 10.1. The van der Waals surface area contributed by atoms with E-state index in [1.54, 1.807) is 45.3 Å². The van der Waals surface area contributed by atoms with Crippen LogP contribution in [0, 0.1) is 5.92 Å². The van der Waals surface area contributed by atoms with E-state index in [0.29, 0.717) is 28.5 Å². The quantitative estimate of drug-likeness (QED) is 0.378. The van der Waals surface area contributed by atoms with Gasteiger partial charge in [-0.3, -0.25) is 9.48 Å².